The van der Waals surface area contributed by atoms with E-state index in [0.717, 1.165) is 10.9 Å². The first-order valence-electron chi connectivity index (χ1n) is 6.72. The van der Waals surface area contributed by atoms with Crippen LogP contribution in [0.5, 0.6) is 0 Å². The lowest BCUT2D eigenvalue weighted by atomic mass is 10.2. The molecular weight excluding hydrogens is 326 g/mol. The molecule has 6 nitrogen and oxygen atoms in total. The number of aromatic amines is 1. The first-order valence-corrected chi connectivity index (χ1v) is 8.59. The van der Waals surface area contributed by atoms with Gasteiger partial charge in [-0.1, -0.05) is 11.6 Å². The molecule has 0 aliphatic carbocycles. The number of fused-ring (bicyclic) bond motifs is 1. The molecule has 1 aliphatic rings. The standard InChI is InChI=1S/C14H14ClN3O3S/c15-10-1-2-11-9(5-10)6-12(17-11)14(20)16-7-13(19)18-3-4-22(21)8-18/h1-2,5-6,17H,3-4,7-8H2,(H,16,20). The quantitative estimate of drug-likeness (QED) is 0.878. The number of rotatable bonds is 3. The molecule has 0 saturated carbocycles. The summed E-state index contributed by atoms with van der Waals surface area (Å²) in [4.78, 5) is 28.4. The summed E-state index contributed by atoms with van der Waals surface area (Å²) < 4.78 is 11.3. The molecule has 1 fully saturated rings. The van der Waals surface area contributed by atoms with Gasteiger partial charge in [-0.15, -0.1) is 0 Å². The molecule has 2 amide bonds. The van der Waals surface area contributed by atoms with Crippen molar-refractivity contribution in [1.29, 1.82) is 0 Å². The van der Waals surface area contributed by atoms with Crippen molar-refractivity contribution in [2.75, 3.05) is 24.7 Å². The van der Waals surface area contributed by atoms with Crippen LogP contribution in [-0.4, -0.2) is 50.6 Å². The fraction of sp³-hybridized carbons (Fsp3) is 0.286. The minimum atomic E-state index is -0.963. The maximum absolute atomic E-state index is 12.1. The molecule has 0 radical (unpaired) electrons. The average Bonchev–Trinajstić information content (AvgIpc) is 3.10. The van der Waals surface area contributed by atoms with Crippen LogP contribution in [0.15, 0.2) is 24.3 Å². The SMILES string of the molecule is O=C(NCC(=O)N1CCS(=O)C1)c1cc2cc(Cl)ccc2[nH]1. The molecule has 116 valence electrons. The van der Waals surface area contributed by atoms with Crippen LogP contribution in [0.2, 0.25) is 5.02 Å². The van der Waals surface area contributed by atoms with Gasteiger partial charge < -0.3 is 15.2 Å². The van der Waals surface area contributed by atoms with Crippen LogP contribution in [-0.2, 0) is 15.6 Å². The van der Waals surface area contributed by atoms with E-state index in [1.165, 1.54) is 4.90 Å². The van der Waals surface area contributed by atoms with E-state index in [1.807, 2.05) is 0 Å². The van der Waals surface area contributed by atoms with Gasteiger partial charge >= 0.3 is 0 Å². The van der Waals surface area contributed by atoms with Crippen molar-refractivity contribution in [3.8, 4) is 0 Å². The van der Waals surface area contributed by atoms with Gasteiger partial charge in [-0.05, 0) is 24.3 Å². The average molecular weight is 340 g/mol. The predicted octanol–water partition coefficient (Wildman–Crippen LogP) is 1.10. The molecule has 1 aliphatic heterocycles. The fourth-order valence-electron chi connectivity index (χ4n) is 2.30. The Kier molecular flexibility index (Phi) is 4.17. The van der Waals surface area contributed by atoms with E-state index in [1.54, 1.807) is 24.3 Å². The monoisotopic (exact) mass is 339 g/mol. The molecule has 22 heavy (non-hydrogen) atoms. The van der Waals surface area contributed by atoms with Crippen LogP contribution in [0.25, 0.3) is 10.9 Å². The van der Waals surface area contributed by atoms with Crippen LogP contribution in [0.4, 0.5) is 0 Å². The van der Waals surface area contributed by atoms with Crippen molar-refractivity contribution in [2.45, 2.75) is 0 Å². The summed E-state index contributed by atoms with van der Waals surface area (Å²) in [7, 11) is -0.963. The largest absolute Gasteiger partial charge is 0.351 e. The zero-order valence-electron chi connectivity index (χ0n) is 11.6. The second-order valence-electron chi connectivity index (χ2n) is 5.03. The molecule has 0 spiro atoms. The highest BCUT2D eigenvalue weighted by Crippen LogP contribution is 2.20. The molecular formula is C14H14ClN3O3S. The molecule has 1 unspecified atom stereocenters. The zero-order valence-corrected chi connectivity index (χ0v) is 13.2. The lowest BCUT2D eigenvalue weighted by Crippen LogP contribution is -2.39. The van der Waals surface area contributed by atoms with Crippen molar-refractivity contribution in [2.24, 2.45) is 0 Å². The summed E-state index contributed by atoms with van der Waals surface area (Å²) >= 11 is 5.91. The summed E-state index contributed by atoms with van der Waals surface area (Å²) in [5, 5.41) is 4.00. The lowest BCUT2D eigenvalue weighted by Gasteiger charge is -2.13. The van der Waals surface area contributed by atoms with E-state index in [4.69, 9.17) is 11.6 Å². The van der Waals surface area contributed by atoms with E-state index in [-0.39, 0.29) is 24.2 Å². The number of carbonyl (C=O) groups excluding carboxylic acids is 2. The van der Waals surface area contributed by atoms with Gasteiger partial charge in [0.05, 0.1) is 12.4 Å². The third-order valence-electron chi connectivity index (χ3n) is 3.47. The Balaban J connectivity index is 1.63. The minimum Gasteiger partial charge on any atom is -0.351 e. The van der Waals surface area contributed by atoms with Crippen molar-refractivity contribution in [3.05, 3.63) is 35.0 Å². The maximum atomic E-state index is 12.1. The van der Waals surface area contributed by atoms with Gasteiger partial charge in [-0.2, -0.15) is 0 Å². The van der Waals surface area contributed by atoms with Crippen molar-refractivity contribution in [3.63, 3.8) is 0 Å². The van der Waals surface area contributed by atoms with Gasteiger partial charge in [0, 0.05) is 39.0 Å². The molecule has 2 N–H and O–H groups in total. The third-order valence-corrected chi connectivity index (χ3v) is 4.94. The number of carbonyl (C=O) groups is 2. The van der Waals surface area contributed by atoms with Gasteiger partial charge in [-0.25, -0.2) is 0 Å². The van der Waals surface area contributed by atoms with Crippen LogP contribution in [0.3, 0.4) is 0 Å². The van der Waals surface area contributed by atoms with E-state index < -0.39 is 10.8 Å². The summed E-state index contributed by atoms with van der Waals surface area (Å²) in [6.07, 6.45) is 0. The molecule has 1 saturated heterocycles. The number of hydrogen-bond acceptors (Lipinski definition) is 3. The lowest BCUT2D eigenvalue weighted by molar-refractivity contribution is -0.128. The molecule has 8 heteroatoms. The van der Waals surface area contributed by atoms with Crippen LogP contribution in [0.1, 0.15) is 10.5 Å². The smallest absolute Gasteiger partial charge is 0.268 e. The number of H-pyrrole nitrogens is 1. The second kappa shape index (κ2) is 6.10. The molecule has 1 aromatic carbocycles. The Morgan fingerprint density at radius 2 is 2.18 bits per heavy atom. The third kappa shape index (κ3) is 3.15. The highest BCUT2D eigenvalue weighted by molar-refractivity contribution is 7.85. The van der Waals surface area contributed by atoms with Crippen LogP contribution >= 0.6 is 11.6 Å². The highest BCUT2D eigenvalue weighted by Gasteiger charge is 2.23. The summed E-state index contributed by atoms with van der Waals surface area (Å²) in [6, 6.07) is 6.97. The number of hydrogen-bond donors (Lipinski definition) is 2. The maximum Gasteiger partial charge on any atom is 0.268 e. The van der Waals surface area contributed by atoms with Gasteiger partial charge in [0.1, 0.15) is 5.69 Å². The number of nitrogens with zero attached hydrogens (tertiary/aromatic N) is 1. The van der Waals surface area contributed by atoms with Crippen molar-refractivity contribution >= 4 is 45.1 Å². The number of aromatic nitrogens is 1. The predicted molar refractivity (Wildman–Crippen MR) is 85.2 cm³/mol. The zero-order chi connectivity index (χ0) is 15.7. The first kappa shape index (κ1) is 15.1. The topological polar surface area (TPSA) is 82.3 Å². The normalized spacial score (nSPS) is 17.9. The van der Waals surface area contributed by atoms with Gasteiger partial charge in [-0.3, -0.25) is 13.8 Å². The number of benzene rings is 1. The van der Waals surface area contributed by atoms with E-state index in [9.17, 15) is 13.8 Å². The first-order chi connectivity index (χ1) is 10.5. The minimum absolute atomic E-state index is 0.105. The van der Waals surface area contributed by atoms with Crippen LogP contribution < -0.4 is 5.32 Å². The highest BCUT2D eigenvalue weighted by atomic mass is 35.5. The Labute approximate surface area is 134 Å². The number of amides is 2. The van der Waals surface area contributed by atoms with E-state index >= 15 is 0 Å². The molecule has 1 atom stereocenters. The Hall–Kier alpha value is -1.86. The molecule has 0 bridgehead atoms. The molecule has 2 heterocycles. The Morgan fingerprint density at radius 3 is 2.91 bits per heavy atom. The molecule has 1 aromatic heterocycles. The van der Waals surface area contributed by atoms with Crippen LogP contribution in [0, 0.1) is 0 Å². The summed E-state index contributed by atoms with van der Waals surface area (Å²) in [5.74, 6) is 0.168. The van der Waals surface area contributed by atoms with E-state index in [2.05, 4.69) is 10.3 Å². The Morgan fingerprint density at radius 1 is 1.36 bits per heavy atom. The van der Waals surface area contributed by atoms with E-state index in [0.29, 0.717) is 23.0 Å². The number of nitrogens with one attached hydrogen (secondary N) is 2. The Bertz CT molecular complexity index is 774. The van der Waals surface area contributed by atoms with Gasteiger partial charge in [0.2, 0.25) is 5.91 Å². The van der Waals surface area contributed by atoms with Gasteiger partial charge in [0.15, 0.2) is 0 Å². The second-order valence-corrected chi connectivity index (χ2v) is 7.01. The number of halogens is 1. The molecule has 2 aromatic rings. The van der Waals surface area contributed by atoms with Gasteiger partial charge in [0.25, 0.3) is 5.91 Å². The summed E-state index contributed by atoms with van der Waals surface area (Å²) in [5.41, 5.74) is 1.17. The molecule has 3 rings (SSSR count). The summed E-state index contributed by atoms with van der Waals surface area (Å²) in [6.45, 7) is 0.373. The van der Waals surface area contributed by atoms with Crippen molar-refractivity contribution < 1.29 is 13.8 Å². The van der Waals surface area contributed by atoms with Crippen molar-refractivity contribution in [1.82, 2.24) is 15.2 Å². The fourth-order valence-corrected chi connectivity index (χ4v) is 3.65.